The van der Waals surface area contributed by atoms with Crippen LogP contribution in [0.2, 0.25) is 0 Å². The van der Waals surface area contributed by atoms with Crippen LogP contribution in [0.4, 0.5) is 11.4 Å². The second-order valence-corrected chi connectivity index (χ2v) is 4.23. The molecule has 0 aromatic heterocycles. The number of primary amides is 1. The van der Waals surface area contributed by atoms with E-state index in [1.807, 2.05) is 0 Å². The quantitative estimate of drug-likeness (QED) is 0.549. The Morgan fingerprint density at radius 1 is 1.50 bits per heavy atom. The summed E-state index contributed by atoms with van der Waals surface area (Å²) in [6, 6.07) is 4.87. The minimum Gasteiger partial charge on any atom is -0.397 e. The number of nitrogens with two attached hydrogens (primary N) is 2. The van der Waals surface area contributed by atoms with Crippen molar-refractivity contribution in [1.29, 1.82) is 0 Å². The number of hydrogen-bond acceptors (Lipinski definition) is 4. The molecule has 1 aliphatic rings. The Morgan fingerprint density at radius 3 is 2.62 bits per heavy atom. The largest absolute Gasteiger partial charge is 0.397 e. The Morgan fingerprint density at radius 2 is 2.19 bits per heavy atom. The first-order chi connectivity index (χ1) is 7.56. The van der Waals surface area contributed by atoms with Gasteiger partial charge in [0.25, 0.3) is 0 Å². The minimum atomic E-state index is -0.499. The van der Waals surface area contributed by atoms with Crippen LogP contribution >= 0.6 is 0 Å². The third kappa shape index (κ3) is 1.94. The zero-order valence-electron chi connectivity index (χ0n) is 8.86. The van der Waals surface area contributed by atoms with Crippen molar-refractivity contribution in [2.75, 3.05) is 17.7 Å². The molecule has 6 N–H and O–H groups in total. The first-order valence-corrected chi connectivity index (χ1v) is 5.15. The van der Waals surface area contributed by atoms with E-state index in [1.165, 1.54) is 6.07 Å². The van der Waals surface area contributed by atoms with E-state index >= 15 is 0 Å². The highest BCUT2D eigenvalue weighted by Gasteiger charge is 2.42. The molecule has 1 fully saturated rings. The van der Waals surface area contributed by atoms with Crippen molar-refractivity contribution < 1.29 is 9.90 Å². The fourth-order valence-corrected chi connectivity index (χ4v) is 1.59. The molecule has 2 rings (SSSR count). The number of aliphatic hydroxyl groups excluding tert-OH is 1. The van der Waals surface area contributed by atoms with E-state index in [-0.39, 0.29) is 12.1 Å². The molecule has 0 spiro atoms. The van der Waals surface area contributed by atoms with E-state index in [0.717, 1.165) is 18.5 Å². The smallest absolute Gasteiger partial charge is 0.248 e. The summed E-state index contributed by atoms with van der Waals surface area (Å²) in [6.07, 6.45) is 1.86. The first kappa shape index (κ1) is 10.8. The molecule has 5 nitrogen and oxygen atoms in total. The first-order valence-electron chi connectivity index (χ1n) is 5.15. The molecule has 0 aliphatic heterocycles. The molecule has 0 heterocycles. The summed E-state index contributed by atoms with van der Waals surface area (Å²) in [5, 5.41) is 12.4. The third-order valence-electron chi connectivity index (χ3n) is 2.89. The van der Waals surface area contributed by atoms with Gasteiger partial charge in [-0.05, 0) is 31.0 Å². The highest BCUT2D eigenvalue weighted by atomic mass is 16.3. The van der Waals surface area contributed by atoms with Crippen molar-refractivity contribution in [2.45, 2.75) is 18.4 Å². The number of rotatable bonds is 4. The molecule has 1 amide bonds. The fourth-order valence-electron chi connectivity index (χ4n) is 1.59. The zero-order valence-corrected chi connectivity index (χ0v) is 8.86. The highest BCUT2D eigenvalue weighted by molar-refractivity contribution is 5.94. The molecule has 1 saturated carbocycles. The Labute approximate surface area is 93.4 Å². The van der Waals surface area contributed by atoms with Crippen LogP contribution in [0.15, 0.2) is 18.2 Å². The third-order valence-corrected chi connectivity index (χ3v) is 2.89. The summed E-state index contributed by atoms with van der Waals surface area (Å²) < 4.78 is 0. The van der Waals surface area contributed by atoms with E-state index in [0.29, 0.717) is 11.3 Å². The average Bonchev–Trinajstić information content (AvgIpc) is 3.01. The van der Waals surface area contributed by atoms with Crippen molar-refractivity contribution >= 4 is 17.3 Å². The Balaban J connectivity index is 2.20. The van der Waals surface area contributed by atoms with Gasteiger partial charge in [0, 0.05) is 5.56 Å². The van der Waals surface area contributed by atoms with Crippen molar-refractivity contribution in [3.63, 3.8) is 0 Å². The van der Waals surface area contributed by atoms with Gasteiger partial charge in [-0.3, -0.25) is 4.79 Å². The number of hydrogen-bond donors (Lipinski definition) is 4. The van der Waals surface area contributed by atoms with E-state index in [2.05, 4.69) is 5.32 Å². The van der Waals surface area contributed by atoms with E-state index in [9.17, 15) is 9.90 Å². The predicted octanol–water partition coefficient (Wildman–Crippen LogP) is 0.304. The molecule has 0 atom stereocenters. The summed E-state index contributed by atoms with van der Waals surface area (Å²) in [5.41, 5.74) is 12.3. The van der Waals surface area contributed by atoms with Crippen molar-refractivity contribution in [3.05, 3.63) is 23.8 Å². The average molecular weight is 221 g/mol. The molecule has 0 radical (unpaired) electrons. The maximum absolute atomic E-state index is 10.9. The van der Waals surface area contributed by atoms with Crippen LogP contribution in [0.3, 0.4) is 0 Å². The van der Waals surface area contributed by atoms with Crippen LogP contribution in [-0.4, -0.2) is 23.2 Å². The van der Waals surface area contributed by atoms with Gasteiger partial charge in [0.2, 0.25) is 5.91 Å². The van der Waals surface area contributed by atoms with Gasteiger partial charge in [-0.2, -0.15) is 0 Å². The zero-order chi connectivity index (χ0) is 11.8. The number of carbonyl (C=O) groups is 1. The highest BCUT2D eigenvalue weighted by Crippen LogP contribution is 2.39. The maximum atomic E-state index is 10.9. The second kappa shape index (κ2) is 3.68. The minimum absolute atomic E-state index is 0.0873. The summed E-state index contributed by atoms with van der Waals surface area (Å²) in [6.45, 7) is 0.0873. The topological polar surface area (TPSA) is 101 Å². The van der Waals surface area contributed by atoms with E-state index in [4.69, 9.17) is 11.5 Å². The van der Waals surface area contributed by atoms with Gasteiger partial charge in [-0.1, -0.05) is 0 Å². The molecule has 86 valence electrons. The molecule has 16 heavy (non-hydrogen) atoms. The Kier molecular flexibility index (Phi) is 2.47. The summed E-state index contributed by atoms with van der Waals surface area (Å²) in [4.78, 5) is 10.9. The molecule has 0 unspecified atom stereocenters. The van der Waals surface area contributed by atoms with Crippen LogP contribution in [0.5, 0.6) is 0 Å². The lowest BCUT2D eigenvalue weighted by molar-refractivity contribution is 0.100. The van der Waals surface area contributed by atoms with Crippen LogP contribution in [0, 0.1) is 0 Å². The van der Waals surface area contributed by atoms with Gasteiger partial charge < -0.3 is 21.9 Å². The standard InChI is InChI=1S/C11H15N3O2/c12-8-5-7(10(13)16)1-2-9(8)14-11(6-15)3-4-11/h1-2,5,14-15H,3-4,6,12H2,(H2,13,16). The van der Waals surface area contributed by atoms with Gasteiger partial charge in [0.15, 0.2) is 0 Å². The molecule has 5 heteroatoms. The monoisotopic (exact) mass is 221 g/mol. The van der Waals surface area contributed by atoms with E-state index in [1.54, 1.807) is 12.1 Å². The Bertz CT molecular complexity index is 427. The van der Waals surface area contributed by atoms with Crippen molar-refractivity contribution in [1.82, 2.24) is 0 Å². The molecule has 0 saturated heterocycles. The number of nitrogens with one attached hydrogen (secondary N) is 1. The van der Waals surface area contributed by atoms with Crippen LogP contribution in [0.25, 0.3) is 0 Å². The van der Waals surface area contributed by atoms with Gasteiger partial charge in [-0.25, -0.2) is 0 Å². The molecular formula is C11H15N3O2. The molecule has 1 aliphatic carbocycles. The summed E-state index contributed by atoms with van der Waals surface area (Å²) in [5.74, 6) is -0.499. The van der Waals surface area contributed by atoms with Crippen molar-refractivity contribution in [3.8, 4) is 0 Å². The predicted molar refractivity (Wildman–Crippen MR) is 62.0 cm³/mol. The number of nitrogen functional groups attached to an aromatic ring is 1. The number of amides is 1. The number of aliphatic hydroxyl groups is 1. The van der Waals surface area contributed by atoms with Crippen LogP contribution in [0.1, 0.15) is 23.2 Å². The van der Waals surface area contributed by atoms with Gasteiger partial charge in [0.05, 0.1) is 23.5 Å². The number of anilines is 2. The summed E-state index contributed by atoms with van der Waals surface area (Å²) in [7, 11) is 0. The van der Waals surface area contributed by atoms with E-state index < -0.39 is 5.91 Å². The normalized spacial score (nSPS) is 16.8. The molecule has 0 bridgehead atoms. The van der Waals surface area contributed by atoms with Gasteiger partial charge >= 0.3 is 0 Å². The van der Waals surface area contributed by atoms with Crippen molar-refractivity contribution in [2.24, 2.45) is 5.73 Å². The lowest BCUT2D eigenvalue weighted by Gasteiger charge is -2.17. The lowest BCUT2D eigenvalue weighted by Crippen LogP contribution is -2.26. The second-order valence-electron chi connectivity index (χ2n) is 4.23. The fraction of sp³-hybridized carbons (Fsp3) is 0.364. The van der Waals surface area contributed by atoms with Crippen LogP contribution < -0.4 is 16.8 Å². The molecule has 1 aromatic rings. The Hall–Kier alpha value is -1.75. The lowest BCUT2D eigenvalue weighted by atomic mass is 10.1. The van der Waals surface area contributed by atoms with Gasteiger partial charge in [0.1, 0.15) is 0 Å². The van der Waals surface area contributed by atoms with Gasteiger partial charge in [-0.15, -0.1) is 0 Å². The molecule has 1 aromatic carbocycles. The molecular weight excluding hydrogens is 206 g/mol. The maximum Gasteiger partial charge on any atom is 0.248 e. The van der Waals surface area contributed by atoms with Crippen LogP contribution in [-0.2, 0) is 0 Å². The number of benzene rings is 1. The number of carbonyl (C=O) groups excluding carboxylic acids is 1. The SMILES string of the molecule is NC(=O)c1ccc(NC2(CO)CC2)c(N)c1. The summed E-state index contributed by atoms with van der Waals surface area (Å²) >= 11 is 0.